The Hall–Kier alpha value is -3.45. The van der Waals surface area contributed by atoms with Crippen LogP contribution in [0.1, 0.15) is 40.5 Å². The van der Waals surface area contributed by atoms with Crippen LogP contribution in [0.5, 0.6) is 5.75 Å². The van der Waals surface area contributed by atoms with E-state index in [0.29, 0.717) is 43.7 Å². The van der Waals surface area contributed by atoms with Gasteiger partial charge in [0.1, 0.15) is 11.6 Å². The lowest BCUT2D eigenvalue weighted by Gasteiger charge is -2.27. The van der Waals surface area contributed by atoms with E-state index in [-0.39, 0.29) is 34.8 Å². The number of nitrogens with zero attached hydrogens (tertiary/aromatic N) is 3. The fourth-order valence-electron chi connectivity index (χ4n) is 3.76. The molecular weight excluding hydrogens is 476 g/mol. The summed E-state index contributed by atoms with van der Waals surface area (Å²) in [7, 11) is -3.84. The number of benzene rings is 1. The summed E-state index contributed by atoms with van der Waals surface area (Å²) in [5.74, 6) is -0.0708. The molecule has 1 aliphatic carbocycles. The summed E-state index contributed by atoms with van der Waals surface area (Å²) >= 11 is 0. The maximum Gasteiger partial charge on any atom is 0.306 e. The monoisotopic (exact) mass is 504 g/mol. The first kappa shape index (κ1) is 24.7. The van der Waals surface area contributed by atoms with Gasteiger partial charge in [-0.3, -0.25) is 9.59 Å². The lowest BCUT2D eigenvalue weighted by molar-refractivity contribution is 0.0303. The number of anilines is 3. The Kier molecular flexibility index (Phi) is 7.08. The van der Waals surface area contributed by atoms with E-state index in [4.69, 9.17) is 14.7 Å². The molecule has 35 heavy (non-hydrogen) atoms. The van der Waals surface area contributed by atoms with E-state index in [2.05, 4.69) is 20.6 Å². The molecule has 1 atom stereocenters. The smallest absolute Gasteiger partial charge is 0.306 e. The fourth-order valence-corrected chi connectivity index (χ4v) is 4.20. The molecule has 1 aliphatic heterocycles. The van der Waals surface area contributed by atoms with E-state index < -0.39 is 16.0 Å². The zero-order valence-electron chi connectivity index (χ0n) is 19.5. The molecule has 2 aromatic rings. The Bertz CT molecular complexity index is 1230. The van der Waals surface area contributed by atoms with E-state index in [1.807, 2.05) is 6.92 Å². The third-order valence-corrected chi connectivity index (χ3v) is 6.20. The lowest BCUT2D eigenvalue weighted by atomic mass is 10.1. The summed E-state index contributed by atoms with van der Waals surface area (Å²) in [6, 6.07) is 4.44. The van der Waals surface area contributed by atoms with Gasteiger partial charge in [-0.1, -0.05) is 0 Å². The molecule has 1 saturated heterocycles. The number of aromatic nitrogens is 2. The summed E-state index contributed by atoms with van der Waals surface area (Å²) in [6.07, 6.45) is 4.43. The average molecular weight is 505 g/mol. The van der Waals surface area contributed by atoms with E-state index >= 15 is 0 Å². The quantitative estimate of drug-likeness (QED) is 0.424. The molecule has 2 amide bonds. The minimum absolute atomic E-state index is 0.0384. The molecule has 4 N–H and O–H groups in total. The molecule has 1 aromatic heterocycles. The van der Waals surface area contributed by atoms with Gasteiger partial charge in [0.15, 0.2) is 0 Å². The SMILES string of the molecule is CC(Nc1nc(Nc2cc(OS(C)(=O)=O)cc(C(=O)N3CCOCC3)c2)ncc1C(N)=O)C1CC1. The van der Waals surface area contributed by atoms with E-state index in [1.54, 1.807) is 11.0 Å². The largest absolute Gasteiger partial charge is 0.383 e. The van der Waals surface area contributed by atoms with Gasteiger partial charge in [0, 0.05) is 42.6 Å². The second kappa shape index (κ2) is 10.0. The van der Waals surface area contributed by atoms with Crippen LogP contribution in [0.2, 0.25) is 0 Å². The van der Waals surface area contributed by atoms with Crippen LogP contribution in [0.15, 0.2) is 24.4 Å². The average Bonchev–Trinajstić information content (AvgIpc) is 3.63. The first-order valence-corrected chi connectivity index (χ1v) is 13.0. The van der Waals surface area contributed by atoms with E-state index in [1.165, 1.54) is 18.3 Å². The number of amides is 2. The number of hydrogen-bond acceptors (Lipinski definition) is 10. The van der Waals surface area contributed by atoms with Crippen molar-refractivity contribution in [2.45, 2.75) is 25.8 Å². The molecule has 12 nitrogen and oxygen atoms in total. The van der Waals surface area contributed by atoms with Crippen molar-refractivity contribution >= 4 is 39.4 Å². The van der Waals surface area contributed by atoms with Gasteiger partial charge >= 0.3 is 10.1 Å². The molecule has 1 saturated carbocycles. The fraction of sp³-hybridized carbons (Fsp3) is 0.455. The molecule has 0 radical (unpaired) electrons. The minimum Gasteiger partial charge on any atom is -0.383 e. The van der Waals surface area contributed by atoms with Crippen LogP contribution >= 0.6 is 0 Å². The topological polar surface area (TPSA) is 166 Å². The first-order valence-electron chi connectivity index (χ1n) is 11.2. The Labute approximate surface area is 203 Å². The first-order chi connectivity index (χ1) is 16.6. The van der Waals surface area contributed by atoms with Crippen LogP contribution in [0.25, 0.3) is 0 Å². The van der Waals surface area contributed by atoms with Crippen molar-refractivity contribution in [1.29, 1.82) is 0 Å². The number of nitrogens with two attached hydrogens (primary N) is 1. The lowest BCUT2D eigenvalue weighted by Crippen LogP contribution is -2.40. The number of carbonyl (C=O) groups is 2. The van der Waals surface area contributed by atoms with Gasteiger partial charge in [-0.25, -0.2) is 4.98 Å². The molecule has 2 fully saturated rings. The predicted molar refractivity (Wildman–Crippen MR) is 128 cm³/mol. The Morgan fingerprint density at radius 1 is 1.23 bits per heavy atom. The van der Waals surface area contributed by atoms with Crippen LogP contribution in [0.4, 0.5) is 17.5 Å². The molecule has 2 heterocycles. The van der Waals surface area contributed by atoms with Gasteiger partial charge in [0.2, 0.25) is 5.95 Å². The molecule has 0 bridgehead atoms. The van der Waals surface area contributed by atoms with Crippen molar-refractivity contribution in [3.8, 4) is 5.75 Å². The maximum absolute atomic E-state index is 13.0. The van der Waals surface area contributed by atoms with Crippen molar-refractivity contribution in [2.24, 2.45) is 11.7 Å². The predicted octanol–water partition coefficient (Wildman–Crippen LogP) is 1.34. The zero-order chi connectivity index (χ0) is 25.2. The number of hydrogen-bond donors (Lipinski definition) is 3. The van der Waals surface area contributed by atoms with Gasteiger partial charge in [0.05, 0.1) is 25.0 Å². The molecule has 13 heteroatoms. The summed E-state index contributed by atoms with van der Waals surface area (Å²) in [4.78, 5) is 35.1. The third kappa shape index (κ3) is 6.57. The molecule has 2 aliphatic rings. The van der Waals surface area contributed by atoms with Crippen LogP contribution < -0.4 is 20.6 Å². The highest BCUT2D eigenvalue weighted by molar-refractivity contribution is 7.86. The highest BCUT2D eigenvalue weighted by Crippen LogP contribution is 2.34. The number of rotatable bonds is 9. The van der Waals surface area contributed by atoms with Crippen molar-refractivity contribution in [2.75, 3.05) is 43.2 Å². The molecule has 1 aromatic carbocycles. The Morgan fingerprint density at radius 2 is 1.94 bits per heavy atom. The van der Waals surface area contributed by atoms with Gasteiger partial charge in [0.25, 0.3) is 11.8 Å². The van der Waals surface area contributed by atoms with Gasteiger partial charge in [-0.15, -0.1) is 0 Å². The summed E-state index contributed by atoms with van der Waals surface area (Å²) in [5.41, 5.74) is 6.19. The van der Waals surface area contributed by atoms with Crippen molar-refractivity contribution < 1.29 is 26.9 Å². The third-order valence-electron chi connectivity index (χ3n) is 5.70. The van der Waals surface area contributed by atoms with E-state index in [9.17, 15) is 18.0 Å². The summed E-state index contributed by atoms with van der Waals surface area (Å²) < 4.78 is 33.8. The van der Waals surface area contributed by atoms with Gasteiger partial charge in [-0.05, 0) is 37.8 Å². The Balaban J connectivity index is 1.64. The van der Waals surface area contributed by atoms with Crippen LogP contribution in [-0.4, -0.2) is 73.7 Å². The second-order valence-electron chi connectivity index (χ2n) is 8.65. The zero-order valence-corrected chi connectivity index (χ0v) is 20.3. The minimum atomic E-state index is -3.84. The van der Waals surface area contributed by atoms with Crippen LogP contribution in [0, 0.1) is 5.92 Å². The van der Waals surface area contributed by atoms with E-state index in [0.717, 1.165) is 19.1 Å². The van der Waals surface area contributed by atoms with Crippen molar-refractivity contribution in [3.63, 3.8) is 0 Å². The summed E-state index contributed by atoms with van der Waals surface area (Å²) in [6.45, 7) is 3.69. The van der Waals surface area contributed by atoms with Crippen LogP contribution in [0.3, 0.4) is 0 Å². The number of ether oxygens (including phenoxy) is 1. The number of nitrogens with one attached hydrogen (secondary N) is 2. The molecule has 0 spiro atoms. The van der Waals surface area contributed by atoms with Crippen molar-refractivity contribution in [1.82, 2.24) is 14.9 Å². The second-order valence-corrected chi connectivity index (χ2v) is 10.2. The van der Waals surface area contributed by atoms with Crippen LogP contribution in [-0.2, 0) is 14.9 Å². The summed E-state index contributed by atoms with van der Waals surface area (Å²) in [5, 5.41) is 6.19. The molecule has 1 unspecified atom stereocenters. The molecule has 4 rings (SSSR count). The number of morpholine rings is 1. The number of carbonyl (C=O) groups excluding carboxylic acids is 2. The Morgan fingerprint density at radius 3 is 2.57 bits per heavy atom. The normalized spacial score (nSPS) is 16.9. The standard InChI is InChI=1S/C22H28N6O6S/c1-13(14-3-4-14)25-20-18(19(23)29)12-24-22(27-20)26-16-9-15(10-17(11-16)34-35(2,31)32)21(30)28-5-7-33-8-6-28/h9-14H,3-8H2,1-2H3,(H2,23,29)(H2,24,25,26,27). The van der Waals surface area contributed by atoms with Gasteiger partial charge < -0.3 is 30.2 Å². The molecular formula is C22H28N6O6S. The van der Waals surface area contributed by atoms with Gasteiger partial charge in [-0.2, -0.15) is 13.4 Å². The van der Waals surface area contributed by atoms with Crippen molar-refractivity contribution in [3.05, 3.63) is 35.5 Å². The molecule has 188 valence electrons. The maximum atomic E-state index is 13.0. The number of primary amides is 1. The highest BCUT2D eigenvalue weighted by atomic mass is 32.2. The highest BCUT2D eigenvalue weighted by Gasteiger charge is 2.29.